The van der Waals surface area contributed by atoms with E-state index in [0.29, 0.717) is 4.88 Å². The molecule has 6 heteroatoms. The average molecular weight is 328 g/mol. The van der Waals surface area contributed by atoms with Crippen LogP contribution in [0.15, 0.2) is 24.4 Å². The zero-order valence-electron chi connectivity index (χ0n) is 13.5. The number of aryl methyl sites for hydroxylation is 2. The minimum Gasteiger partial charge on any atom is -0.361 e. The van der Waals surface area contributed by atoms with Gasteiger partial charge in [0.15, 0.2) is 0 Å². The average Bonchev–Trinajstić information content (AvgIpc) is 3.15. The molecule has 0 aliphatic carbocycles. The minimum absolute atomic E-state index is 0.0359. The van der Waals surface area contributed by atoms with E-state index in [1.54, 1.807) is 0 Å². The van der Waals surface area contributed by atoms with Crippen LogP contribution in [-0.4, -0.2) is 26.5 Å². The van der Waals surface area contributed by atoms with E-state index in [0.717, 1.165) is 30.1 Å². The number of nitrogens with zero attached hydrogens (tertiary/aromatic N) is 2. The second-order valence-corrected chi connectivity index (χ2v) is 6.55. The number of para-hydroxylation sites is 1. The molecule has 1 aromatic carbocycles. The number of hydrogen-bond donors (Lipinski definition) is 2. The molecule has 3 rings (SSSR count). The van der Waals surface area contributed by atoms with Gasteiger partial charge in [0, 0.05) is 23.1 Å². The Labute approximate surface area is 139 Å². The van der Waals surface area contributed by atoms with E-state index in [1.807, 2.05) is 20.0 Å². The summed E-state index contributed by atoms with van der Waals surface area (Å²) in [6, 6.07) is 6.31. The summed E-state index contributed by atoms with van der Waals surface area (Å²) >= 11 is 1.16. The van der Waals surface area contributed by atoms with E-state index < -0.39 is 0 Å². The summed E-state index contributed by atoms with van der Waals surface area (Å²) in [4.78, 5) is 16.3. The highest BCUT2D eigenvalue weighted by Gasteiger charge is 2.18. The van der Waals surface area contributed by atoms with E-state index >= 15 is 0 Å². The van der Waals surface area contributed by atoms with E-state index in [-0.39, 0.29) is 11.9 Å². The van der Waals surface area contributed by atoms with Crippen LogP contribution in [-0.2, 0) is 12.8 Å². The molecular weight excluding hydrogens is 308 g/mol. The number of aromatic amines is 1. The van der Waals surface area contributed by atoms with Gasteiger partial charge in [-0.1, -0.05) is 29.6 Å². The predicted octanol–water partition coefficient (Wildman–Crippen LogP) is 3.25. The van der Waals surface area contributed by atoms with Crippen LogP contribution in [0.4, 0.5) is 0 Å². The van der Waals surface area contributed by atoms with Gasteiger partial charge in [-0.15, -0.1) is 5.10 Å². The molecule has 0 radical (unpaired) electrons. The summed E-state index contributed by atoms with van der Waals surface area (Å²) in [5.74, 6) is -0.0830. The fourth-order valence-electron chi connectivity index (χ4n) is 2.82. The Morgan fingerprint density at radius 3 is 3.04 bits per heavy atom. The van der Waals surface area contributed by atoms with E-state index in [2.05, 4.69) is 45.0 Å². The van der Waals surface area contributed by atoms with Crippen molar-refractivity contribution in [2.45, 2.75) is 39.7 Å². The molecule has 1 atom stereocenters. The fourth-order valence-corrected chi connectivity index (χ4v) is 3.47. The lowest BCUT2D eigenvalue weighted by Gasteiger charge is -2.13. The summed E-state index contributed by atoms with van der Waals surface area (Å²) in [6.45, 7) is 6.09. The largest absolute Gasteiger partial charge is 0.361 e. The number of H-pyrrole nitrogens is 1. The Morgan fingerprint density at radius 2 is 2.26 bits per heavy atom. The van der Waals surface area contributed by atoms with E-state index in [1.165, 1.54) is 22.0 Å². The third kappa shape index (κ3) is 3.12. The van der Waals surface area contributed by atoms with Crippen LogP contribution in [0.1, 0.15) is 40.3 Å². The third-order valence-corrected chi connectivity index (χ3v) is 4.78. The lowest BCUT2D eigenvalue weighted by atomic mass is 10.0. The molecule has 23 heavy (non-hydrogen) atoms. The Bertz CT molecular complexity index is 836. The number of hydrogen-bond acceptors (Lipinski definition) is 4. The van der Waals surface area contributed by atoms with Crippen LogP contribution < -0.4 is 5.32 Å². The SMILES string of the molecule is CCc1nnsc1C(=O)N[C@@H](C)Cc1c[nH]c2c(C)cccc12. The highest BCUT2D eigenvalue weighted by Crippen LogP contribution is 2.22. The van der Waals surface area contributed by atoms with Crippen molar-refractivity contribution in [2.75, 3.05) is 0 Å². The van der Waals surface area contributed by atoms with Crippen LogP contribution >= 0.6 is 11.5 Å². The van der Waals surface area contributed by atoms with Crippen LogP contribution in [0.2, 0.25) is 0 Å². The van der Waals surface area contributed by atoms with Crippen LogP contribution in [0.25, 0.3) is 10.9 Å². The zero-order chi connectivity index (χ0) is 16.4. The van der Waals surface area contributed by atoms with Crippen molar-refractivity contribution in [1.82, 2.24) is 19.9 Å². The predicted molar refractivity (Wildman–Crippen MR) is 93.0 cm³/mol. The van der Waals surface area contributed by atoms with Crippen molar-refractivity contribution in [1.29, 1.82) is 0 Å². The monoisotopic (exact) mass is 328 g/mol. The molecule has 2 heterocycles. The summed E-state index contributed by atoms with van der Waals surface area (Å²) in [5.41, 5.74) is 4.38. The molecule has 0 saturated heterocycles. The van der Waals surface area contributed by atoms with Crippen molar-refractivity contribution in [3.05, 3.63) is 46.1 Å². The van der Waals surface area contributed by atoms with Gasteiger partial charge in [0.2, 0.25) is 0 Å². The minimum atomic E-state index is -0.0830. The number of rotatable bonds is 5. The van der Waals surface area contributed by atoms with Gasteiger partial charge in [-0.05, 0) is 49.3 Å². The van der Waals surface area contributed by atoms with E-state index in [4.69, 9.17) is 0 Å². The van der Waals surface area contributed by atoms with Crippen LogP contribution in [0.5, 0.6) is 0 Å². The van der Waals surface area contributed by atoms with Gasteiger partial charge in [0.25, 0.3) is 5.91 Å². The summed E-state index contributed by atoms with van der Waals surface area (Å²) in [7, 11) is 0. The topological polar surface area (TPSA) is 70.7 Å². The first-order valence-corrected chi connectivity index (χ1v) is 8.55. The summed E-state index contributed by atoms with van der Waals surface area (Å²) in [5, 5.41) is 8.27. The number of carbonyl (C=O) groups excluding carboxylic acids is 1. The molecule has 3 aromatic rings. The molecule has 0 aliphatic heterocycles. The third-order valence-electron chi connectivity index (χ3n) is 4.01. The van der Waals surface area contributed by atoms with E-state index in [9.17, 15) is 4.79 Å². The van der Waals surface area contributed by atoms with Crippen LogP contribution in [0.3, 0.4) is 0 Å². The molecule has 0 spiro atoms. The normalized spacial score (nSPS) is 12.5. The lowest BCUT2D eigenvalue weighted by molar-refractivity contribution is 0.0943. The summed E-state index contributed by atoms with van der Waals surface area (Å²) < 4.78 is 3.87. The number of benzene rings is 1. The van der Waals surface area contributed by atoms with Gasteiger partial charge in [0.1, 0.15) is 4.88 Å². The van der Waals surface area contributed by atoms with Crippen molar-refractivity contribution < 1.29 is 4.79 Å². The first-order chi connectivity index (χ1) is 11.1. The molecule has 0 fully saturated rings. The van der Waals surface area contributed by atoms with Crippen molar-refractivity contribution in [3.8, 4) is 0 Å². The number of aromatic nitrogens is 3. The molecule has 120 valence electrons. The maximum absolute atomic E-state index is 12.4. The fraction of sp³-hybridized carbons (Fsp3) is 0.353. The highest BCUT2D eigenvalue weighted by atomic mass is 32.1. The van der Waals surface area contributed by atoms with Crippen molar-refractivity contribution >= 4 is 28.3 Å². The summed E-state index contributed by atoms with van der Waals surface area (Å²) in [6.07, 6.45) is 3.53. The molecule has 2 aromatic heterocycles. The Balaban J connectivity index is 1.72. The molecular formula is C17H20N4OS. The maximum atomic E-state index is 12.4. The zero-order valence-corrected chi connectivity index (χ0v) is 14.3. The van der Waals surface area contributed by atoms with Crippen molar-refractivity contribution in [2.24, 2.45) is 0 Å². The Kier molecular flexibility index (Phi) is 4.43. The molecule has 0 unspecified atom stereocenters. The van der Waals surface area contributed by atoms with Gasteiger partial charge in [-0.25, -0.2) is 0 Å². The van der Waals surface area contributed by atoms with Gasteiger partial charge in [0.05, 0.1) is 5.69 Å². The molecule has 2 N–H and O–H groups in total. The second kappa shape index (κ2) is 6.50. The van der Waals surface area contributed by atoms with Gasteiger partial charge < -0.3 is 10.3 Å². The van der Waals surface area contributed by atoms with Crippen LogP contribution in [0, 0.1) is 6.92 Å². The highest BCUT2D eigenvalue weighted by molar-refractivity contribution is 7.08. The number of fused-ring (bicyclic) bond motifs is 1. The standard InChI is InChI=1S/C17H20N4OS/c1-4-14-16(23-21-20-14)17(22)19-11(3)8-12-9-18-15-10(2)6-5-7-13(12)15/h5-7,9,11,18H,4,8H2,1-3H3,(H,19,22)/t11-/m0/s1. The van der Waals surface area contributed by atoms with Gasteiger partial charge in [-0.2, -0.15) is 0 Å². The number of amides is 1. The maximum Gasteiger partial charge on any atom is 0.265 e. The Hall–Kier alpha value is -2.21. The number of carbonyl (C=O) groups is 1. The smallest absolute Gasteiger partial charge is 0.265 e. The molecule has 0 bridgehead atoms. The lowest BCUT2D eigenvalue weighted by Crippen LogP contribution is -2.34. The molecule has 5 nitrogen and oxygen atoms in total. The second-order valence-electron chi connectivity index (χ2n) is 5.79. The van der Waals surface area contributed by atoms with Gasteiger partial charge >= 0.3 is 0 Å². The first kappa shape index (κ1) is 15.7. The Morgan fingerprint density at radius 1 is 1.43 bits per heavy atom. The quantitative estimate of drug-likeness (QED) is 0.755. The number of nitrogens with one attached hydrogen (secondary N) is 2. The van der Waals surface area contributed by atoms with Crippen molar-refractivity contribution in [3.63, 3.8) is 0 Å². The first-order valence-electron chi connectivity index (χ1n) is 7.77. The van der Waals surface area contributed by atoms with Gasteiger partial charge in [-0.3, -0.25) is 4.79 Å². The molecule has 1 amide bonds. The molecule has 0 aliphatic rings. The molecule has 0 saturated carbocycles.